The number of amides is 1. The van der Waals surface area contributed by atoms with Crippen molar-refractivity contribution in [3.8, 4) is 11.5 Å². The maximum Gasteiger partial charge on any atom is 0.244 e. The summed E-state index contributed by atoms with van der Waals surface area (Å²) in [4.78, 5) is 13.1. The summed E-state index contributed by atoms with van der Waals surface area (Å²) in [6.07, 6.45) is 1.16. The summed E-state index contributed by atoms with van der Waals surface area (Å²) in [6, 6.07) is 7.12. The molecule has 2 rings (SSSR count). The lowest BCUT2D eigenvalue weighted by atomic mass is 10.1. The number of ether oxygens (including phenoxy) is 2. The molecule has 0 unspecified atom stereocenters. The number of carbonyl (C=O) groups is 1. The van der Waals surface area contributed by atoms with E-state index in [9.17, 15) is 17.6 Å². The first kappa shape index (κ1) is 24.7. The van der Waals surface area contributed by atoms with Gasteiger partial charge in [-0.15, -0.1) is 0 Å². The van der Waals surface area contributed by atoms with Crippen LogP contribution in [0, 0.1) is 5.82 Å². The number of anilines is 1. The van der Waals surface area contributed by atoms with Gasteiger partial charge in [0.05, 0.1) is 37.2 Å². The lowest BCUT2D eigenvalue weighted by Gasteiger charge is -2.31. The highest BCUT2D eigenvalue weighted by atomic mass is 35.5. The Morgan fingerprint density at radius 3 is 2.39 bits per heavy atom. The zero-order valence-corrected chi connectivity index (χ0v) is 19.6. The highest BCUT2D eigenvalue weighted by molar-refractivity contribution is 7.92. The molecular formula is C21H26ClFN2O5S. The number of halogens is 2. The molecule has 1 N–H and O–H groups in total. The van der Waals surface area contributed by atoms with E-state index in [1.54, 1.807) is 32.0 Å². The van der Waals surface area contributed by atoms with E-state index in [1.807, 2.05) is 0 Å². The predicted octanol–water partition coefficient (Wildman–Crippen LogP) is 3.92. The van der Waals surface area contributed by atoms with Crippen molar-refractivity contribution < 1.29 is 27.1 Å². The molecule has 0 spiro atoms. The van der Waals surface area contributed by atoms with Crippen LogP contribution >= 0.6 is 11.6 Å². The van der Waals surface area contributed by atoms with E-state index in [-0.39, 0.29) is 17.1 Å². The number of nitrogens with zero attached hydrogens (tertiary/aromatic N) is 1. The van der Waals surface area contributed by atoms with Gasteiger partial charge in [-0.1, -0.05) is 18.5 Å². The fraction of sp³-hybridized carbons (Fsp3) is 0.381. The largest absolute Gasteiger partial charge is 0.497 e. The summed E-state index contributed by atoms with van der Waals surface area (Å²) in [5, 5.41) is 2.59. The number of sulfonamides is 1. The Bertz CT molecular complexity index is 1050. The molecule has 7 nitrogen and oxygen atoms in total. The molecule has 1 amide bonds. The lowest BCUT2D eigenvalue weighted by molar-refractivity contribution is -0.122. The number of rotatable bonds is 9. The maximum absolute atomic E-state index is 13.6. The number of carbonyl (C=O) groups excluding carboxylic acids is 1. The van der Waals surface area contributed by atoms with Crippen LogP contribution in [0.2, 0.25) is 5.02 Å². The molecule has 0 saturated carbocycles. The molecule has 0 aromatic heterocycles. The number of nitrogens with one attached hydrogen (secondary N) is 1. The first-order valence-electron chi connectivity index (χ1n) is 9.50. The highest BCUT2D eigenvalue weighted by Gasteiger charge is 2.33. The van der Waals surface area contributed by atoms with Crippen LogP contribution in [0.1, 0.15) is 31.9 Å². The number of methoxy groups -OCH3 is 2. The van der Waals surface area contributed by atoms with E-state index in [0.29, 0.717) is 17.1 Å². The van der Waals surface area contributed by atoms with Crippen molar-refractivity contribution in [2.45, 2.75) is 32.4 Å². The molecule has 0 radical (unpaired) electrons. The van der Waals surface area contributed by atoms with Crippen LogP contribution in [0.15, 0.2) is 36.4 Å². The van der Waals surface area contributed by atoms with Crippen molar-refractivity contribution in [3.63, 3.8) is 0 Å². The molecule has 0 saturated heterocycles. The summed E-state index contributed by atoms with van der Waals surface area (Å²) in [5.74, 6) is -0.0737. The minimum absolute atomic E-state index is 0.0995. The van der Waals surface area contributed by atoms with Crippen LogP contribution in [0.5, 0.6) is 11.5 Å². The Hall–Kier alpha value is -2.52. The highest BCUT2D eigenvalue weighted by Crippen LogP contribution is 2.31. The number of hydrogen-bond acceptors (Lipinski definition) is 5. The van der Waals surface area contributed by atoms with Crippen molar-refractivity contribution in [1.29, 1.82) is 0 Å². The van der Waals surface area contributed by atoms with E-state index in [4.69, 9.17) is 21.1 Å². The SMILES string of the molecule is CC[C@@H](C(=O)N[C@@H](C)c1cc(OC)ccc1OC)N(c1ccc(F)c(Cl)c1)S(C)(=O)=O. The van der Waals surface area contributed by atoms with E-state index in [2.05, 4.69) is 5.32 Å². The van der Waals surface area contributed by atoms with E-state index in [0.717, 1.165) is 16.6 Å². The lowest BCUT2D eigenvalue weighted by Crippen LogP contribution is -2.49. The molecule has 2 aromatic rings. The van der Waals surface area contributed by atoms with Gasteiger partial charge in [-0.3, -0.25) is 9.10 Å². The molecule has 0 fully saturated rings. The molecule has 0 aliphatic rings. The van der Waals surface area contributed by atoms with Gasteiger partial charge in [0, 0.05) is 5.56 Å². The Kier molecular flexibility index (Phi) is 8.14. The Morgan fingerprint density at radius 2 is 1.87 bits per heavy atom. The minimum atomic E-state index is -3.88. The molecule has 31 heavy (non-hydrogen) atoms. The summed E-state index contributed by atoms with van der Waals surface area (Å²) < 4.78 is 50.2. The first-order valence-corrected chi connectivity index (χ1v) is 11.7. The topological polar surface area (TPSA) is 84.9 Å². The summed E-state index contributed by atoms with van der Waals surface area (Å²) in [5.41, 5.74) is 0.767. The van der Waals surface area contributed by atoms with Crippen LogP contribution in [-0.4, -0.2) is 40.8 Å². The summed E-state index contributed by atoms with van der Waals surface area (Å²) >= 11 is 5.84. The normalized spacial score (nSPS) is 13.3. The van der Waals surface area contributed by atoms with Gasteiger partial charge in [-0.05, 0) is 49.7 Å². The van der Waals surface area contributed by atoms with E-state index < -0.39 is 33.8 Å². The van der Waals surface area contributed by atoms with Gasteiger partial charge in [-0.25, -0.2) is 12.8 Å². The van der Waals surface area contributed by atoms with Crippen molar-refractivity contribution in [2.24, 2.45) is 0 Å². The van der Waals surface area contributed by atoms with Gasteiger partial charge in [0.25, 0.3) is 0 Å². The van der Waals surface area contributed by atoms with Crippen molar-refractivity contribution in [1.82, 2.24) is 5.32 Å². The number of benzene rings is 2. The predicted molar refractivity (Wildman–Crippen MR) is 119 cm³/mol. The molecule has 0 aliphatic carbocycles. The summed E-state index contributed by atoms with van der Waals surface area (Å²) in [6.45, 7) is 3.44. The van der Waals surface area contributed by atoms with Gasteiger partial charge in [0.15, 0.2) is 0 Å². The van der Waals surface area contributed by atoms with Gasteiger partial charge in [0.2, 0.25) is 15.9 Å². The molecule has 0 aliphatic heterocycles. The van der Waals surface area contributed by atoms with Gasteiger partial charge in [0.1, 0.15) is 23.4 Å². The van der Waals surface area contributed by atoms with E-state index in [1.165, 1.54) is 26.4 Å². The van der Waals surface area contributed by atoms with Crippen LogP contribution in [-0.2, 0) is 14.8 Å². The molecule has 10 heteroatoms. The molecular weight excluding hydrogens is 447 g/mol. The van der Waals surface area contributed by atoms with Gasteiger partial charge >= 0.3 is 0 Å². The van der Waals surface area contributed by atoms with Crippen molar-refractivity contribution in [2.75, 3.05) is 24.8 Å². The van der Waals surface area contributed by atoms with Gasteiger partial charge in [-0.2, -0.15) is 0 Å². The first-order chi connectivity index (χ1) is 14.5. The second-order valence-electron chi connectivity index (χ2n) is 6.92. The third-order valence-electron chi connectivity index (χ3n) is 4.75. The quantitative estimate of drug-likeness (QED) is 0.598. The second-order valence-corrected chi connectivity index (χ2v) is 9.19. The average molecular weight is 473 g/mol. The van der Waals surface area contributed by atoms with Crippen LogP contribution in [0.4, 0.5) is 10.1 Å². The fourth-order valence-electron chi connectivity index (χ4n) is 3.25. The molecule has 2 aromatic carbocycles. The third-order valence-corrected chi connectivity index (χ3v) is 6.22. The Labute approximate surface area is 187 Å². The maximum atomic E-state index is 13.6. The molecule has 0 heterocycles. The average Bonchev–Trinajstić information content (AvgIpc) is 2.72. The Morgan fingerprint density at radius 1 is 1.19 bits per heavy atom. The zero-order chi connectivity index (χ0) is 23.3. The molecule has 0 bridgehead atoms. The van der Waals surface area contributed by atoms with Crippen molar-refractivity contribution >= 4 is 33.2 Å². The zero-order valence-electron chi connectivity index (χ0n) is 18.0. The van der Waals surface area contributed by atoms with Gasteiger partial charge < -0.3 is 14.8 Å². The summed E-state index contributed by atoms with van der Waals surface area (Å²) in [7, 11) is -0.841. The van der Waals surface area contributed by atoms with Crippen LogP contribution in [0.3, 0.4) is 0 Å². The second kappa shape index (κ2) is 10.2. The molecule has 2 atom stereocenters. The minimum Gasteiger partial charge on any atom is -0.497 e. The van der Waals surface area contributed by atoms with Crippen LogP contribution in [0.25, 0.3) is 0 Å². The molecule has 170 valence electrons. The smallest absolute Gasteiger partial charge is 0.244 e. The fourth-order valence-corrected chi connectivity index (χ4v) is 4.63. The third kappa shape index (κ3) is 5.80. The van der Waals surface area contributed by atoms with E-state index >= 15 is 0 Å². The van der Waals surface area contributed by atoms with Crippen molar-refractivity contribution in [3.05, 3.63) is 52.8 Å². The number of hydrogen-bond donors (Lipinski definition) is 1. The monoisotopic (exact) mass is 472 g/mol. The van der Waals surface area contributed by atoms with Crippen LogP contribution < -0.4 is 19.1 Å². The Balaban J connectivity index is 2.39. The standard InChI is InChI=1S/C21H26ClFN2O5S/c1-6-19(25(31(5,27)28)14-7-9-18(23)17(22)11-14)21(26)24-13(2)16-12-15(29-3)8-10-20(16)30-4/h7-13,19H,6H2,1-5H3,(H,24,26)/t13-,19-/m0/s1.